The van der Waals surface area contributed by atoms with Gasteiger partial charge in [-0.3, -0.25) is 9.69 Å². The maximum absolute atomic E-state index is 12.3. The van der Waals surface area contributed by atoms with Crippen LogP contribution in [-0.4, -0.2) is 29.8 Å². The Morgan fingerprint density at radius 3 is 2.85 bits per heavy atom. The molecule has 0 aliphatic carbocycles. The number of likely N-dealkylation sites (tertiary alicyclic amines) is 1. The molecule has 0 saturated carbocycles. The molecule has 1 fully saturated rings. The number of nitrogens with zero attached hydrogens (tertiary/aromatic N) is 1. The highest BCUT2D eigenvalue weighted by Crippen LogP contribution is 2.27. The molecule has 1 unspecified atom stereocenters. The van der Waals surface area contributed by atoms with E-state index in [2.05, 4.69) is 18.7 Å². The summed E-state index contributed by atoms with van der Waals surface area (Å²) in [4.78, 5) is 14.7. The summed E-state index contributed by atoms with van der Waals surface area (Å²) in [5, 5.41) is 0.819. The van der Waals surface area contributed by atoms with E-state index in [9.17, 15) is 4.79 Å². The van der Waals surface area contributed by atoms with Crippen molar-refractivity contribution in [2.75, 3.05) is 13.1 Å². The number of Topliss-reactive ketones (excluding diaryl/α,β-unsaturated/α-hetero) is 1. The maximum atomic E-state index is 12.3. The second kappa shape index (κ2) is 6.93. The first-order valence-corrected chi connectivity index (χ1v) is 7.97. The van der Waals surface area contributed by atoms with Gasteiger partial charge in [0.1, 0.15) is 0 Å². The number of benzene rings is 1. The smallest absolute Gasteiger partial charge is 0.165 e. The Kier molecular flexibility index (Phi) is 5.48. The zero-order valence-corrected chi connectivity index (χ0v) is 13.5. The minimum Gasteiger partial charge on any atom is -0.300 e. The number of hydrogen-bond donors (Lipinski definition) is 0. The molecule has 1 aliphatic heterocycles. The van der Waals surface area contributed by atoms with Crippen LogP contribution in [0.15, 0.2) is 18.2 Å². The maximum Gasteiger partial charge on any atom is 0.165 e. The first-order valence-electron chi connectivity index (χ1n) is 7.22. The van der Waals surface area contributed by atoms with Crippen molar-refractivity contribution in [3.05, 3.63) is 33.8 Å². The molecule has 1 aromatic carbocycles. The third kappa shape index (κ3) is 3.55. The molecular weight excluding hydrogens is 293 g/mol. The van der Waals surface area contributed by atoms with Crippen LogP contribution in [0, 0.1) is 5.92 Å². The number of rotatable bonds is 5. The molecule has 20 heavy (non-hydrogen) atoms. The van der Waals surface area contributed by atoms with Crippen molar-refractivity contribution in [1.29, 1.82) is 0 Å². The molecule has 0 aromatic heterocycles. The van der Waals surface area contributed by atoms with Gasteiger partial charge < -0.3 is 0 Å². The molecule has 0 amide bonds. The van der Waals surface area contributed by atoms with Gasteiger partial charge in [-0.2, -0.15) is 0 Å². The summed E-state index contributed by atoms with van der Waals surface area (Å²) in [7, 11) is 0. The van der Waals surface area contributed by atoms with Crippen molar-refractivity contribution >= 4 is 29.0 Å². The predicted octanol–water partition coefficient (Wildman–Crippen LogP) is 4.69. The van der Waals surface area contributed by atoms with E-state index in [1.54, 1.807) is 18.2 Å². The summed E-state index contributed by atoms with van der Waals surface area (Å²) in [6.07, 6.45) is 2.97. The van der Waals surface area contributed by atoms with E-state index >= 15 is 0 Å². The van der Waals surface area contributed by atoms with Crippen LogP contribution in [0.4, 0.5) is 0 Å². The van der Waals surface area contributed by atoms with Gasteiger partial charge in [0, 0.05) is 24.6 Å². The van der Waals surface area contributed by atoms with Gasteiger partial charge in [-0.15, -0.1) is 0 Å². The largest absolute Gasteiger partial charge is 0.300 e. The van der Waals surface area contributed by atoms with E-state index in [-0.39, 0.29) is 5.78 Å². The van der Waals surface area contributed by atoms with E-state index in [0.717, 1.165) is 13.1 Å². The van der Waals surface area contributed by atoms with Crippen molar-refractivity contribution in [3.63, 3.8) is 0 Å². The Hall–Kier alpha value is -0.570. The molecule has 110 valence electrons. The zero-order chi connectivity index (χ0) is 14.7. The van der Waals surface area contributed by atoms with Gasteiger partial charge in [-0.25, -0.2) is 0 Å². The molecule has 1 aromatic rings. The number of halogens is 2. The summed E-state index contributed by atoms with van der Waals surface area (Å²) >= 11 is 12.1. The molecule has 1 atom stereocenters. The highest BCUT2D eigenvalue weighted by atomic mass is 35.5. The highest BCUT2D eigenvalue weighted by molar-refractivity contribution is 6.43. The van der Waals surface area contributed by atoms with Crippen LogP contribution in [0.5, 0.6) is 0 Å². The molecule has 1 saturated heterocycles. The lowest BCUT2D eigenvalue weighted by molar-refractivity contribution is 0.0954. The monoisotopic (exact) mass is 313 g/mol. The van der Waals surface area contributed by atoms with Crippen LogP contribution in [-0.2, 0) is 0 Å². The van der Waals surface area contributed by atoms with Crippen molar-refractivity contribution in [3.8, 4) is 0 Å². The van der Waals surface area contributed by atoms with E-state index in [0.29, 0.717) is 34.0 Å². The SMILES string of the molecule is CC(C)C1CCCN1CCC(=O)c1cccc(Cl)c1Cl. The van der Waals surface area contributed by atoms with Crippen LogP contribution in [0.1, 0.15) is 43.5 Å². The van der Waals surface area contributed by atoms with Crippen LogP contribution in [0.3, 0.4) is 0 Å². The van der Waals surface area contributed by atoms with E-state index in [4.69, 9.17) is 23.2 Å². The molecule has 2 rings (SSSR count). The van der Waals surface area contributed by atoms with Crippen LogP contribution < -0.4 is 0 Å². The van der Waals surface area contributed by atoms with E-state index in [1.165, 1.54) is 12.8 Å². The Morgan fingerprint density at radius 2 is 2.15 bits per heavy atom. The summed E-state index contributed by atoms with van der Waals surface area (Å²) in [6.45, 7) is 6.40. The quantitative estimate of drug-likeness (QED) is 0.735. The van der Waals surface area contributed by atoms with Crippen molar-refractivity contribution in [1.82, 2.24) is 4.90 Å². The average molecular weight is 314 g/mol. The second-order valence-corrected chi connectivity index (χ2v) is 6.55. The summed E-state index contributed by atoms with van der Waals surface area (Å²) < 4.78 is 0. The zero-order valence-electron chi connectivity index (χ0n) is 12.0. The van der Waals surface area contributed by atoms with Gasteiger partial charge in [0.2, 0.25) is 0 Å². The predicted molar refractivity (Wildman–Crippen MR) is 84.8 cm³/mol. The lowest BCUT2D eigenvalue weighted by Crippen LogP contribution is -2.35. The Labute approximate surface area is 131 Å². The van der Waals surface area contributed by atoms with Gasteiger partial charge in [0.25, 0.3) is 0 Å². The van der Waals surface area contributed by atoms with Crippen molar-refractivity contribution in [2.45, 2.75) is 39.2 Å². The third-order valence-corrected chi connectivity index (χ3v) is 4.88. The van der Waals surface area contributed by atoms with Crippen LogP contribution in [0.25, 0.3) is 0 Å². The summed E-state index contributed by atoms with van der Waals surface area (Å²) in [5.74, 6) is 0.717. The lowest BCUT2D eigenvalue weighted by Gasteiger charge is -2.27. The Balaban J connectivity index is 1.97. The lowest BCUT2D eigenvalue weighted by atomic mass is 10.0. The standard InChI is InChI=1S/C16H21Cl2NO/c1-11(2)14-7-4-9-19(14)10-8-15(20)12-5-3-6-13(17)16(12)18/h3,5-6,11,14H,4,7-10H2,1-2H3. The summed E-state index contributed by atoms with van der Waals surface area (Å²) in [5.41, 5.74) is 0.541. The number of carbonyl (C=O) groups is 1. The van der Waals surface area contributed by atoms with E-state index < -0.39 is 0 Å². The van der Waals surface area contributed by atoms with Crippen LogP contribution in [0.2, 0.25) is 10.0 Å². The van der Waals surface area contributed by atoms with Gasteiger partial charge >= 0.3 is 0 Å². The normalized spacial score (nSPS) is 19.8. The fourth-order valence-electron chi connectivity index (χ4n) is 2.98. The third-order valence-electron chi connectivity index (χ3n) is 4.06. The fraction of sp³-hybridized carbons (Fsp3) is 0.562. The molecule has 1 aliphatic rings. The number of ketones is 1. The minimum absolute atomic E-state index is 0.0758. The topological polar surface area (TPSA) is 20.3 Å². The van der Waals surface area contributed by atoms with Crippen molar-refractivity contribution in [2.24, 2.45) is 5.92 Å². The summed E-state index contributed by atoms with van der Waals surface area (Å²) in [6, 6.07) is 5.84. The van der Waals surface area contributed by atoms with Gasteiger partial charge in [-0.05, 0) is 37.4 Å². The van der Waals surface area contributed by atoms with Gasteiger partial charge in [0.15, 0.2) is 5.78 Å². The second-order valence-electron chi connectivity index (χ2n) is 5.76. The molecular formula is C16H21Cl2NO. The minimum atomic E-state index is 0.0758. The van der Waals surface area contributed by atoms with E-state index in [1.807, 2.05) is 0 Å². The highest BCUT2D eigenvalue weighted by Gasteiger charge is 2.27. The van der Waals surface area contributed by atoms with Gasteiger partial charge in [0.05, 0.1) is 10.0 Å². The molecule has 0 bridgehead atoms. The first-order chi connectivity index (χ1) is 9.50. The Bertz CT molecular complexity index is 487. The molecule has 0 N–H and O–H groups in total. The molecule has 0 radical (unpaired) electrons. The van der Waals surface area contributed by atoms with Gasteiger partial charge in [-0.1, -0.05) is 43.1 Å². The average Bonchev–Trinajstić information content (AvgIpc) is 2.87. The fourth-order valence-corrected chi connectivity index (χ4v) is 3.39. The number of hydrogen-bond acceptors (Lipinski definition) is 2. The Morgan fingerprint density at radius 1 is 1.40 bits per heavy atom. The molecule has 4 heteroatoms. The molecule has 2 nitrogen and oxygen atoms in total. The van der Waals surface area contributed by atoms with Crippen LogP contribution >= 0.6 is 23.2 Å². The number of carbonyl (C=O) groups excluding carboxylic acids is 1. The first kappa shape index (κ1) is 15.8. The van der Waals surface area contributed by atoms with Crippen molar-refractivity contribution < 1.29 is 4.79 Å². The molecule has 1 heterocycles. The molecule has 0 spiro atoms.